The molecule has 0 spiro atoms. The summed E-state index contributed by atoms with van der Waals surface area (Å²) >= 11 is 0. The van der Waals surface area contributed by atoms with Crippen LogP contribution in [-0.2, 0) is 21.4 Å². The number of carbonyl (C=O) groups is 1. The number of hydrogen-bond donors (Lipinski definition) is 1. The number of sulfonamides is 1. The van der Waals surface area contributed by atoms with Gasteiger partial charge in [0.05, 0.1) is 12.3 Å². The molecule has 0 bridgehead atoms. The van der Waals surface area contributed by atoms with E-state index in [9.17, 15) is 13.2 Å². The summed E-state index contributed by atoms with van der Waals surface area (Å²) in [4.78, 5) is 22.0. The predicted octanol–water partition coefficient (Wildman–Crippen LogP) is 5.93. The summed E-state index contributed by atoms with van der Waals surface area (Å²) in [5.74, 6) is -0.344. The molecule has 8 nitrogen and oxygen atoms in total. The average molecular weight is 536 g/mol. The fraction of sp³-hybridized carbons (Fsp3) is 0.207. The monoisotopic (exact) mass is 535 g/mol. The van der Waals surface area contributed by atoms with Crippen molar-refractivity contribution in [3.8, 4) is 22.9 Å². The van der Waals surface area contributed by atoms with E-state index in [-0.39, 0.29) is 19.3 Å². The minimum absolute atomic E-state index is 0. The van der Waals surface area contributed by atoms with Crippen molar-refractivity contribution in [2.45, 2.75) is 39.3 Å². The Balaban J connectivity index is 0.00000280. The lowest BCUT2D eigenvalue weighted by atomic mass is 10.1. The van der Waals surface area contributed by atoms with Crippen LogP contribution in [0.25, 0.3) is 11.3 Å². The van der Waals surface area contributed by atoms with Gasteiger partial charge in [-0.25, -0.2) is 14.7 Å². The molecule has 9 heteroatoms. The van der Waals surface area contributed by atoms with Crippen molar-refractivity contribution >= 4 is 15.9 Å². The molecule has 1 amide bonds. The first-order valence-electron chi connectivity index (χ1n) is 11.9. The van der Waals surface area contributed by atoms with Crippen molar-refractivity contribution in [3.05, 3.63) is 100 Å². The van der Waals surface area contributed by atoms with Crippen LogP contribution in [0.4, 0.5) is 0 Å². The number of pyridine rings is 2. The number of rotatable bonds is 8. The quantitative estimate of drug-likeness (QED) is 0.298. The van der Waals surface area contributed by atoms with Crippen LogP contribution in [0, 0.1) is 27.7 Å². The van der Waals surface area contributed by atoms with Crippen molar-refractivity contribution < 1.29 is 25.5 Å². The number of nitrogens with one attached hydrogen (secondary N) is 1. The SMILES string of the molecule is COCc1cccc(-c2ccc(C(=O)NS(=O)(=O)c3cccc(C)n3)c(Oc3c(C)cc(C)cc3C)n2)c1.[HH].[HH]. The molecule has 1 N–H and O–H groups in total. The summed E-state index contributed by atoms with van der Waals surface area (Å²) in [7, 11) is -2.60. The molecule has 200 valence electrons. The molecule has 4 aromatic rings. The van der Waals surface area contributed by atoms with E-state index in [1.165, 1.54) is 12.1 Å². The summed E-state index contributed by atoms with van der Waals surface area (Å²) in [6.45, 7) is 7.90. The van der Waals surface area contributed by atoms with Crippen LogP contribution in [0.1, 0.15) is 41.2 Å². The zero-order valence-corrected chi connectivity index (χ0v) is 22.7. The molecule has 0 aliphatic rings. The molecule has 0 saturated heterocycles. The van der Waals surface area contributed by atoms with Crippen LogP contribution in [0.5, 0.6) is 11.6 Å². The molecule has 38 heavy (non-hydrogen) atoms. The molecule has 2 aromatic heterocycles. The van der Waals surface area contributed by atoms with Gasteiger partial charge >= 0.3 is 0 Å². The van der Waals surface area contributed by atoms with Crippen LogP contribution < -0.4 is 9.46 Å². The summed E-state index contributed by atoms with van der Waals surface area (Å²) in [5, 5.41) is -0.252. The van der Waals surface area contributed by atoms with Crippen LogP contribution in [-0.4, -0.2) is 31.4 Å². The van der Waals surface area contributed by atoms with Crippen LogP contribution in [0.2, 0.25) is 0 Å². The lowest BCUT2D eigenvalue weighted by Crippen LogP contribution is -2.31. The molecule has 2 heterocycles. The van der Waals surface area contributed by atoms with Crippen LogP contribution in [0.15, 0.2) is 71.8 Å². The molecule has 2 aromatic carbocycles. The Morgan fingerprint density at radius 2 is 1.63 bits per heavy atom. The molecule has 0 radical (unpaired) electrons. The third-order valence-corrected chi connectivity index (χ3v) is 7.04. The Morgan fingerprint density at radius 1 is 0.921 bits per heavy atom. The average Bonchev–Trinajstić information content (AvgIpc) is 2.86. The van der Waals surface area contributed by atoms with Crippen molar-refractivity contribution in [2.75, 3.05) is 7.11 Å². The van der Waals surface area contributed by atoms with Crippen molar-refractivity contribution in [1.82, 2.24) is 14.7 Å². The Morgan fingerprint density at radius 3 is 2.32 bits per heavy atom. The molecular weight excluding hydrogens is 502 g/mol. The molecule has 0 atom stereocenters. The number of carbonyl (C=O) groups excluding carboxylic acids is 1. The third-order valence-electron chi connectivity index (χ3n) is 5.81. The summed E-state index contributed by atoms with van der Waals surface area (Å²) in [6.07, 6.45) is 0. The molecule has 0 unspecified atom stereocenters. The maximum Gasteiger partial charge on any atom is 0.281 e. The topological polar surface area (TPSA) is 107 Å². The van der Waals surface area contributed by atoms with Gasteiger partial charge in [0, 0.05) is 21.2 Å². The second-order valence-electron chi connectivity index (χ2n) is 9.06. The van der Waals surface area contributed by atoms with E-state index < -0.39 is 15.9 Å². The lowest BCUT2D eigenvalue weighted by Gasteiger charge is -2.16. The van der Waals surface area contributed by atoms with Gasteiger partial charge in [-0.3, -0.25) is 4.79 Å². The molecular formula is C29H33N3O5S. The van der Waals surface area contributed by atoms with Gasteiger partial charge in [-0.15, -0.1) is 0 Å². The van der Waals surface area contributed by atoms with Gasteiger partial charge in [0.15, 0.2) is 5.03 Å². The Kier molecular flexibility index (Phi) is 7.89. The number of nitrogens with zero attached hydrogens (tertiary/aromatic N) is 2. The maximum atomic E-state index is 13.3. The first-order valence-corrected chi connectivity index (χ1v) is 13.4. The number of benzene rings is 2. The van der Waals surface area contributed by atoms with E-state index in [1.807, 2.05) is 57.2 Å². The van der Waals surface area contributed by atoms with Crippen molar-refractivity contribution in [1.29, 1.82) is 0 Å². The van der Waals surface area contributed by atoms with Gasteiger partial charge in [0.1, 0.15) is 11.3 Å². The number of aromatic nitrogens is 2. The highest BCUT2D eigenvalue weighted by atomic mass is 32.2. The highest BCUT2D eigenvalue weighted by molar-refractivity contribution is 7.90. The fourth-order valence-corrected chi connectivity index (χ4v) is 5.14. The Labute approximate surface area is 225 Å². The number of amides is 1. The van der Waals surface area contributed by atoms with Crippen LogP contribution in [0.3, 0.4) is 0 Å². The maximum absolute atomic E-state index is 13.3. The summed E-state index contributed by atoms with van der Waals surface area (Å²) < 4.78 is 39.4. The number of methoxy groups -OCH3 is 1. The Hall–Kier alpha value is -4.08. The van der Waals surface area contributed by atoms with E-state index in [2.05, 4.69) is 14.7 Å². The van der Waals surface area contributed by atoms with Gasteiger partial charge in [0.25, 0.3) is 15.9 Å². The van der Waals surface area contributed by atoms with Gasteiger partial charge in [0.2, 0.25) is 5.88 Å². The molecule has 0 fully saturated rings. The third kappa shape index (κ3) is 6.07. The minimum atomic E-state index is -4.22. The van der Waals surface area contributed by atoms with E-state index >= 15 is 0 Å². The second-order valence-corrected chi connectivity index (χ2v) is 10.7. The summed E-state index contributed by atoms with van der Waals surface area (Å²) in [6, 6.07) is 19.3. The highest BCUT2D eigenvalue weighted by Crippen LogP contribution is 2.33. The largest absolute Gasteiger partial charge is 0.438 e. The fourth-order valence-electron chi connectivity index (χ4n) is 4.16. The van der Waals surface area contributed by atoms with Crippen molar-refractivity contribution in [2.24, 2.45) is 0 Å². The zero-order chi connectivity index (χ0) is 27.4. The predicted molar refractivity (Wildman–Crippen MR) is 149 cm³/mol. The first kappa shape index (κ1) is 27.0. The number of aryl methyl sites for hydroxylation is 4. The van der Waals surface area contributed by atoms with E-state index in [0.717, 1.165) is 27.8 Å². The lowest BCUT2D eigenvalue weighted by molar-refractivity contribution is 0.0978. The molecule has 0 saturated carbocycles. The highest BCUT2D eigenvalue weighted by Gasteiger charge is 2.24. The van der Waals surface area contributed by atoms with E-state index in [0.29, 0.717) is 23.7 Å². The number of ether oxygens (including phenoxy) is 2. The van der Waals surface area contributed by atoms with Crippen molar-refractivity contribution in [3.63, 3.8) is 0 Å². The van der Waals surface area contributed by atoms with Gasteiger partial charge in [-0.05, 0) is 74.7 Å². The zero-order valence-electron chi connectivity index (χ0n) is 21.9. The van der Waals surface area contributed by atoms with E-state index in [1.54, 1.807) is 32.2 Å². The van der Waals surface area contributed by atoms with Crippen LogP contribution >= 0.6 is 0 Å². The second kappa shape index (κ2) is 11.1. The smallest absolute Gasteiger partial charge is 0.281 e. The summed E-state index contributed by atoms with van der Waals surface area (Å²) in [5.41, 5.74) is 5.58. The first-order chi connectivity index (χ1) is 18.1. The van der Waals surface area contributed by atoms with E-state index in [4.69, 9.17) is 9.47 Å². The van der Waals surface area contributed by atoms with Gasteiger partial charge in [-0.1, -0.05) is 42.0 Å². The molecule has 4 rings (SSSR count). The van der Waals surface area contributed by atoms with Gasteiger partial charge in [-0.2, -0.15) is 8.42 Å². The van der Waals surface area contributed by atoms with Gasteiger partial charge < -0.3 is 9.47 Å². The minimum Gasteiger partial charge on any atom is -0.438 e. The standard InChI is InChI=1S/C29H29N3O5S.2H2/c1-18-14-19(2)27(20(3)15-18)37-29-24(28(33)32-38(34,35)26-11-6-8-21(4)30-26)12-13-25(31-29)23-10-7-9-22(16-23)17-36-5;;/h6-16H,17H2,1-5H3,(H,32,33);2*1H. The normalized spacial score (nSPS) is 11.3. The molecule has 0 aliphatic heterocycles. The Bertz CT molecular complexity index is 1610. The molecule has 0 aliphatic carbocycles. The number of hydrogen-bond acceptors (Lipinski definition) is 7.